The van der Waals surface area contributed by atoms with E-state index in [2.05, 4.69) is 0 Å². The van der Waals surface area contributed by atoms with E-state index in [4.69, 9.17) is 14.9 Å². The van der Waals surface area contributed by atoms with Gasteiger partial charge in [0.15, 0.2) is 0 Å². The van der Waals surface area contributed by atoms with Gasteiger partial charge in [0.1, 0.15) is 18.3 Å². The molecule has 1 aliphatic rings. The van der Waals surface area contributed by atoms with Crippen LogP contribution in [0.1, 0.15) is 6.92 Å². The van der Waals surface area contributed by atoms with E-state index in [1.165, 1.54) is 6.08 Å². The Kier molecular flexibility index (Phi) is 2.49. The molecule has 3 atom stereocenters. The van der Waals surface area contributed by atoms with Crippen molar-refractivity contribution in [3.63, 3.8) is 0 Å². The van der Waals surface area contributed by atoms with Gasteiger partial charge in [0.25, 0.3) is 0 Å². The first-order valence-corrected chi connectivity index (χ1v) is 3.47. The summed E-state index contributed by atoms with van der Waals surface area (Å²) in [6.07, 6.45) is -1.24. The summed E-state index contributed by atoms with van der Waals surface area (Å²) in [7, 11) is 0. The highest BCUT2D eigenvalue weighted by Gasteiger charge is 2.30. The van der Waals surface area contributed by atoms with Gasteiger partial charge < -0.3 is 20.1 Å². The maximum Gasteiger partial charge on any atom is 0.150 e. The number of aliphatic hydroxyl groups is 3. The topological polar surface area (TPSA) is 69.9 Å². The van der Waals surface area contributed by atoms with Crippen LogP contribution in [-0.2, 0) is 4.74 Å². The summed E-state index contributed by atoms with van der Waals surface area (Å²) in [5.74, 6) is 0.529. The predicted molar refractivity (Wildman–Crippen MR) is 37.7 cm³/mol. The minimum Gasteiger partial charge on any atom is -0.490 e. The van der Waals surface area contributed by atoms with Gasteiger partial charge in [-0.15, -0.1) is 0 Å². The second-order valence-corrected chi connectivity index (χ2v) is 2.60. The van der Waals surface area contributed by atoms with Crippen LogP contribution in [0.25, 0.3) is 0 Å². The molecule has 0 spiro atoms. The second kappa shape index (κ2) is 3.21. The summed E-state index contributed by atoms with van der Waals surface area (Å²) in [4.78, 5) is 0. The normalized spacial score (nSPS) is 37.8. The summed E-state index contributed by atoms with van der Waals surface area (Å²) in [5.41, 5.74) is 0. The molecule has 4 heteroatoms. The first kappa shape index (κ1) is 8.52. The largest absolute Gasteiger partial charge is 0.490 e. The average molecular weight is 160 g/mol. The first-order valence-electron chi connectivity index (χ1n) is 3.47. The summed E-state index contributed by atoms with van der Waals surface area (Å²) in [6, 6.07) is 0. The lowest BCUT2D eigenvalue weighted by Crippen LogP contribution is -2.43. The van der Waals surface area contributed by atoms with Gasteiger partial charge in [-0.1, -0.05) is 0 Å². The van der Waals surface area contributed by atoms with E-state index in [1.807, 2.05) is 0 Å². The minimum atomic E-state index is -1.02. The van der Waals surface area contributed by atoms with Gasteiger partial charge in [-0.25, -0.2) is 0 Å². The fraction of sp³-hybridized carbons (Fsp3) is 0.714. The standard InChI is InChI=1S/C7H12O4/c1-4-2-5(9)7(10)6(3-8)11-4/h2,5-10H,3H2,1H3/t5-,6-,7-/m1/s1. The number of allylic oxidation sites excluding steroid dienone is 1. The molecule has 64 valence electrons. The number of ether oxygens (including phenoxy) is 1. The smallest absolute Gasteiger partial charge is 0.150 e. The van der Waals surface area contributed by atoms with Crippen LogP contribution in [0.3, 0.4) is 0 Å². The Labute approximate surface area is 64.7 Å². The monoisotopic (exact) mass is 160 g/mol. The van der Waals surface area contributed by atoms with Gasteiger partial charge in [-0.2, -0.15) is 0 Å². The number of aliphatic hydroxyl groups excluding tert-OH is 3. The molecule has 0 saturated heterocycles. The van der Waals surface area contributed by atoms with E-state index in [9.17, 15) is 5.11 Å². The zero-order chi connectivity index (χ0) is 8.43. The molecule has 11 heavy (non-hydrogen) atoms. The zero-order valence-electron chi connectivity index (χ0n) is 6.27. The summed E-state index contributed by atoms with van der Waals surface area (Å²) in [6.45, 7) is 1.38. The van der Waals surface area contributed by atoms with Crippen molar-refractivity contribution in [1.82, 2.24) is 0 Å². The molecule has 0 aromatic heterocycles. The van der Waals surface area contributed by atoms with E-state index in [1.54, 1.807) is 6.92 Å². The van der Waals surface area contributed by atoms with Crippen molar-refractivity contribution in [2.45, 2.75) is 25.2 Å². The molecule has 1 aliphatic heterocycles. The molecule has 0 saturated carbocycles. The third-order valence-corrected chi connectivity index (χ3v) is 1.65. The van der Waals surface area contributed by atoms with Crippen LogP contribution < -0.4 is 0 Å². The Morgan fingerprint density at radius 1 is 1.55 bits per heavy atom. The molecule has 0 amide bonds. The van der Waals surface area contributed by atoms with Gasteiger partial charge in [0.2, 0.25) is 0 Å². The molecule has 0 unspecified atom stereocenters. The van der Waals surface area contributed by atoms with Crippen LogP contribution in [0.15, 0.2) is 11.8 Å². The van der Waals surface area contributed by atoms with Gasteiger partial charge >= 0.3 is 0 Å². The predicted octanol–water partition coefficient (Wildman–Crippen LogP) is -0.997. The van der Waals surface area contributed by atoms with Crippen LogP contribution in [0.5, 0.6) is 0 Å². The van der Waals surface area contributed by atoms with Crippen LogP contribution >= 0.6 is 0 Å². The molecule has 0 fully saturated rings. The lowest BCUT2D eigenvalue weighted by molar-refractivity contribution is -0.0902. The maximum absolute atomic E-state index is 9.18. The van der Waals surface area contributed by atoms with Gasteiger partial charge in [-0.3, -0.25) is 0 Å². The van der Waals surface area contributed by atoms with Crippen molar-refractivity contribution in [3.05, 3.63) is 11.8 Å². The van der Waals surface area contributed by atoms with E-state index < -0.39 is 18.3 Å². The van der Waals surface area contributed by atoms with E-state index in [-0.39, 0.29) is 6.61 Å². The molecule has 3 N–H and O–H groups in total. The maximum atomic E-state index is 9.18. The quantitative estimate of drug-likeness (QED) is 0.460. The Morgan fingerprint density at radius 2 is 2.18 bits per heavy atom. The summed E-state index contributed by atoms with van der Waals surface area (Å²) in [5, 5.41) is 27.0. The zero-order valence-corrected chi connectivity index (χ0v) is 6.27. The minimum absolute atomic E-state index is 0.288. The van der Waals surface area contributed by atoms with Crippen molar-refractivity contribution in [2.24, 2.45) is 0 Å². The third-order valence-electron chi connectivity index (χ3n) is 1.65. The highest BCUT2D eigenvalue weighted by atomic mass is 16.5. The van der Waals surface area contributed by atoms with Gasteiger partial charge in [0.05, 0.1) is 12.4 Å². The fourth-order valence-corrected chi connectivity index (χ4v) is 1.05. The SMILES string of the molecule is CC1=C[C@@H](O)[C@@H](O)[C@@H](CO)O1. The molecule has 0 aromatic carbocycles. The Morgan fingerprint density at radius 3 is 2.73 bits per heavy atom. The Balaban J connectivity index is 2.67. The molecular weight excluding hydrogens is 148 g/mol. The van der Waals surface area contributed by atoms with Crippen molar-refractivity contribution in [1.29, 1.82) is 0 Å². The molecular formula is C7H12O4. The summed E-state index contributed by atoms with van der Waals surface area (Å²) < 4.78 is 5.02. The fourth-order valence-electron chi connectivity index (χ4n) is 1.05. The van der Waals surface area contributed by atoms with E-state index in [0.29, 0.717) is 5.76 Å². The van der Waals surface area contributed by atoms with Crippen molar-refractivity contribution in [3.8, 4) is 0 Å². The molecule has 0 radical (unpaired) electrons. The molecule has 0 bridgehead atoms. The average Bonchev–Trinajstić information content (AvgIpc) is 1.96. The Bertz CT molecular complexity index is 166. The lowest BCUT2D eigenvalue weighted by Gasteiger charge is -2.29. The highest BCUT2D eigenvalue weighted by molar-refractivity contribution is 5.04. The van der Waals surface area contributed by atoms with Gasteiger partial charge in [0, 0.05) is 0 Å². The summed E-state index contributed by atoms with van der Waals surface area (Å²) >= 11 is 0. The Hall–Kier alpha value is -0.580. The van der Waals surface area contributed by atoms with Crippen LogP contribution in [0.4, 0.5) is 0 Å². The second-order valence-electron chi connectivity index (χ2n) is 2.60. The van der Waals surface area contributed by atoms with Crippen molar-refractivity contribution >= 4 is 0 Å². The number of hydrogen-bond acceptors (Lipinski definition) is 4. The van der Waals surface area contributed by atoms with Gasteiger partial charge in [-0.05, 0) is 13.0 Å². The molecule has 0 aromatic rings. The first-order chi connectivity index (χ1) is 5.15. The molecule has 4 nitrogen and oxygen atoms in total. The molecule has 0 aliphatic carbocycles. The van der Waals surface area contributed by atoms with Crippen molar-refractivity contribution in [2.75, 3.05) is 6.61 Å². The van der Waals surface area contributed by atoms with E-state index >= 15 is 0 Å². The molecule has 1 heterocycles. The van der Waals surface area contributed by atoms with Crippen LogP contribution in [0, 0.1) is 0 Å². The van der Waals surface area contributed by atoms with Crippen LogP contribution in [-0.4, -0.2) is 40.2 Å². The van der Waals surface area contributed by atoms with Crippen LogP contribution in [0.2, 0.25) is 0 Å². The highest BCUT2D eigenvalue weighted by Crippen LogP contribution is 2.16. The number of hydrogen-bond donors (Lipinski definition) is 3. The molecule has 1 rings (SSSR count). The lowest BCUT2D eigenvalue weighted by atomic mass is 10.1. The number of rotatable bonds is 1. The third kappa shape index (κ3) is 1.71. The van der Waals surface area contributed by atoms with E-state index in [0.717, 1.165) is 0 Å². The van der Waals surface area contributed by atoms with Crippen molar-refractivity contribution < 1.29 is 20.1 Å².